The Morgan fingerprint density at radius 1 is 1.00 bits per heavy atom. The highest BCUT2D eigenvalue weighted by atomic mass is 16.5. The van der Waals surface area contributed by atoms with Gasteiger partial charge >= 0.3 is 5.97 Å². The van der Waals surface area contributed by atoms with E-state index in [0.717, 1.165) is 0 Å². The summed E-state index contributed by atoms with van der Waals surface area (Å²) in [6, 6.07) is 15.5. The van der Waals surface area contributed by atoms with Crippen LogP contribution in [-0.4, -0.2) is 42.0 Å². The van der Waals surface area contributed by atoms with Crippen LogP contribution in [0.1, 0.15) is 20.9 Å². The van der Waals surface area contributed by atoms with Gasteiger partial charge in [0.2, 0.25) is 17.7 Å². The van der Waals surface area contributed by atoms with Gasteiger partial charge in [0, 0.05) is 17.3 Å². The summed E-state index contributed by atoms with van der Waals surface area (Å²) in [6.07, 6.45) is -0.552. The van der Waals surface area contributed by atoms with Crippen molar-refractivity contribution < 1.29 is 33.1 Å². The molecule has 0 bridgehead atoms. The van der Waals surface area contributed by atoms with E-state index >= 15 is 0 Å². The van der Waals surface area contributed by atoms with Gasteiger partial charge in [-0.3, -0.25) is 9.59 Å². The summed E-state index contributed by atoms with van der Waals surface area (Å²) in [5, 5.41) is 14.5. The number of carboxylic acids is 1. The average molecular weight is 438 g/mol. The number of methoxy groups -OCH3 is 2. The van der Waals surface area contributed by atoms with Crippen molar-refractivity contribution in [2.75, 3.05) is 24.8 Å². The lowest BCUT2D eigenvalue weighted by Crippen LogP contribution is -2.22. The maximum Gasteiger partial charge on any atom is 0.339 e. The number of carboxylic acid groups (broad SMARTS) is 1. The van der Waals surface area contributed by atoms with Crippen LogP contribution in [0.25, 0.3) is 11.1 Å². The fraction of sp³-hybridized carbons (Fsp3) is 0.130. The van der Waals surface area contributed by atoms with Crippen molar-refractivity contribution in [3.63, 3.8) is 0 Å². The number of para-hydroxylation sites is 1. The van der Waals surface area contributed by atoms with Crippen molar-refractivity contribution in [1.82, 2.24) is 4.98 Å². The third-order valence-corrected chi connectivity index (χ3v) is 4.36. The Balaban J connectivity index is 1.71. The average Bonchev–Trinajstić information content (AvgIpc) is 2.78. The molecular weight excluding hydrogens is 414 g/mol. The first-order valence-corrected chi connectivity index (χ1v) is 9.32. The molecule has 0 aliphatic rings. The topological polar surface area (TPSA) is 127 Å². The molecule has 2 amide bonds. The molecule has 164 valence electrons. The Labute approximate surface area is 188 Å². The second-order valence-electron chi connectivity index (χ2n) is 6.50. The van der Waals surface area contributed by atoms with Crippen LogP contribution in [0.2, 0.25) is 0 Å². The van der Waals surface area contributed by atoms with E-state index in [9.17, 15) is 19.5 Å². The molecule has 0 aliphatic carbocycles. The molecule has 0 spiro atoms. The summed E-state index contributed by atoms with van der Waals surface area (Å²) >= 11 is 0. The predicted molar refractivity (Wildman–Crippen MR) is 118 cm³/mol. The van der Waals surface area contributed by atoms with E-state index in [0.29, 0.717) is 16.8 Å². The molecule has 0 saturated carbocycles. The van der Waals surface area contributed by atoms with Crippen LogP contribution in [0, 0.1) is 0 Å². The highest BCUT2D eigenvalue weighted by Crippen LogP contribution is 2.31. The molecule has 0 atom stereocenters. The van der Waals surface area contributed by atoms with Crippen molar-refractivity contribution in [2.24, 2.45) is 0 Å². The van der Waals surface area contributed by atoms with Gasteiger partial charge in [0.15, 0.2) is 0 Å². The molecule has 9 heteroatoms. The Kier molecular flexibility index (Phi) is 5.78. The molecule has 0 unspecified atom stereocenters. The molecule has 0 saturated heterocycles. The lowest BCUT2D eigenvalue weighted by Gasteiger charge is -2.13. The lowest BCUT2D eigenvalue weighted by molar-refractivity contribution is -0.123. The molecule has 3 rings (SSSR count). The van der Waals surface area contributed by atoms with E-state index in [1.54, 1.807) is 30.3 Å². The number of aromatic nitrogens is 1. The third kappa shape index (κ3) is 5.39. The Bertz CT molecular complexity index is 1260. The summed E-state index contributed by atoms with van der Waals surface area (Å²) in [5.41, 5.74) is 1.40. The summed E-state index contributed by atoms with van der Waals surface area (Å²) in [5.74, 6) is -2.47. The van der Waals surface area contributed by atoms with Crippen molar-refractivity contribution >= 4 is 29.3 Å². The van der Waals surface area contributed by atoms with E-state index < -0.39 is 31.2 Å². The van der Waals surface area contributed by atoms with Crippen molar-refractivity contribution in [2.45, 2.75) is 6.42 Å². The Hall–Kier alpha value is -4.40. The summed E-state index contributed by atoms with van der Waals surface area (Å²) in [7, 11) is -1.33. The van der Waals surface area contributed by atoms with Crippen LogP contribution < -0.4 is 20.1 Å². The van der Waals surface area contributed by atoms with Gasteiger partial charge in [-0.1, -0.05) is 30.3 Å². The maximum absolute atomic E-state index is 12.5. The number of anilines is 2. The van der Waals surface area contributed by atoms with E-state index in [4.69, 9.17) is 13.6 Å². The van der Waals surface area contributed by atoms with Crippen LogP contribution in [0.5, 0.6) is 11.6 Å². The van der Waals surface area contributed by atoms with E-state index in [1.807, 2.05) is 0 Å². The molecule has 1 aromatic heterocycles. The van der Waals surface area contributed by atoms with Gasteiger partial charge in [-0.2, -0.15) is 4.98 Å². The van der Waals surface area contributed by atoms with E-state index in [2.05, 4.69) is 15.6 Å². The Morgan fingerprint density at radius 3 is 2.53 bits per heavy atom. The van der Waals surface area contributed by atoms with Gasteiger partial charge < -0.3 is 25.2 Å². The normalized spacial score (nSPS) is 12.0. The Morgan fingerprint density at radius 2 is 1.78 bits per heavy atom. The van der Waals surface area contributed by atoms with Gasteiger partial charge in [0.1, 0.15) is 23.6 Å². The number of hydrogen-bond donors (Lipinski definition) is 3. The second kappa shape index (κ2) is 10.1. The van der Waals surface area contributed by atoms with Crippen molar-refractivity contribution in [3.05, 3.63) is 66.2 Å². The number of hydrogen-bond acceptors (Lipinski definition) is 6. The maximum atomic E-state index is 12.5. The number of amides is 2. The molecule has 2 aromatic carbocycles. The number of nitrogens with one attached hydrogen (secondary N) is 2. The quantitative estimate of drug-likeness (QED) is 0.460. The van der Waals surface area contributed by atoms with Crippen LogP contribution in [0.3, 0.4) is 0 Å². The second-order valence-corrected chi connectivity index (χ2v) is 6.50. The highest BCUT2D eigenvalue weighted by molar-refractivity contribution is 6.09. The number of carbonyl (C=O) groups excluding carboxylic acids is 2. The fourth-order valence-corrected chi connectivity index (χ4v) is 2.96. The summed E-state index contributed by atoms with van der Waals surface area (Å²) in [4.78, 5) is 40.3. The largest absolute Gasteiger partial charge is 0.496 e. The van der Waals surface area contributed by atoms with E-state index in [-0.39, 0.29) is 23.0 Å². The van der Waals surface area contributed by atoms with Gasteiger partial charge in [-0.05, 0) is 29.8 Å². The molecule has 3 aromatic rings. The molecule has 3 N–H and O–H groups in total. The first kappa shape index (κ1) is 18.4. The zero-order chi connectivity index (χ0) is 25.6. The van der Waals surface area contributed by atoms with Crippen molar-refractivity contribution in [1.29, 1.82) is 0 Å². The van der Waals surface area contributed by atoms with Gasteiger partial charge in [0.05, 0.1) is 18.3 Å². The minimum Gasteiger partial charge on any atom is -0.496 e. The van der Waals surface area contributed by atoms with Crippen LogP contribution in [0.4, 0.5) is 11.5 Å². The number of benzene rings is 2. The number of aromatic carboxylic acids is 1. The number of nitrogens with zero attached hydrogens (tertiary/aromatic N) is 1. The number of carbonyl (C=O) groups is 3. The minimum absolute atomic E-state index is 0.0179. The smallest absolute Gasteiger partial charge is 0.339 e. The fourth-order valence-electron chi connectivity index (χ4n) is 2.96. The number of pyridine rings is 1. The molecule has 32 heavy (non-hydrogen) atoms. The molecule has 0 fully saturated rings. The first-order chi connectivity index (χ1) is 16.6. The highest BCUT2D eigenvalue weighted by Gasteiger charge is 2.16. The predicted octanol–water partition coefficient (Wildman–Crippen LogP) is 3.43. The summed E-state index contributed by atoms with van der Waals surface area (Å²) in [6.45, 7) is 0. The molecule has 0 radical (unpaired) electrons. The standard InChI is InChI=1S/C23H21N3O6/c1-31-18-11-10-14(12-16(18)23(29)30)15-6-3-4-7-17(15)24-20(27)13-21(28)25-19-8-5-9-22(26-19)32-2/h3-12H,13H2,1-2H3,(H,24,27)(H,29,30)(H,25,26,28)/i2D3. The minimum atomic E-state index is -2.70. The number of rotatable bonds is 8. The van der Waals surface area contributed by atoms with Gasteiger partial charge in [-0.15, -0.1) is 0 Å². The monoisotopic (exact) mass is 438 g/mol. The molecular formula is C23H21N3O6. The molecule has 0 aliphatic heterocycles. The van der Waals surface area contributed by atoms with Crippen molar-refractivity contribution in [3.8, 4) is 22.8 Å². The third-order valence-electron chi connectivity index (χ3n) is 4.36. The van der Waals surface area contributed by atoms with Gasteiger partial charge in [0.25, 0.3) is 0 Å². The van der Waals surface area contributed by atoms with E-state index in [1.165, 1.54) is 37.4 Å². The van der Waals surface area contributed by atoms with Crippen LogP contribution in [-0.2, 0) is 9.59 Å². The zero-order valence-electron chi connectivity index (χ0n) is 19.9. The molecule has 9 nitrogen and oxygen atoms in total. The van der Waals surface area contributed by atoms with Crippen LogP contribution in [0.15, 0.2) is 60.7 Å². The lowest BCUT2D eigenvalue weighted by atomic mass is 10.0. The summed E-state index contributed by atoms with van der Waals surface area (Å²) < 4.78 is 31.1. The number of ether oxygens (including phenoxy) is 2. The zero-order valence-corrected chi connectivity index (χ0v) is 16.9. The van der Waals surface area contributed by atoms with Gasteiger partial charge in [-0.25, -0.2) is 4.79 Å². The SMILES string of the molecule is [2H]C([2H])([2H])Oc1cccc(NC(=O)CC(=O)Nc2ccccc2-c2ccc(OC)c(C(=O)O)c2)n1. The van der Waals surface area contributed by atoms with Crippen LogP contribution >= 0.6 is 0 Å². The first-order valence-electron chi connectivity index (χ1n) is 10.8. The molecule has 1 heterocycles.